The van der Waals surface area contributed by atoms with Crippen LogP contribution in [0.2, 0.25) is 0 Å². The lowest BCUT2D eigenvalue weighted by Crippen LogP contribution is -2.22. The minimum Gasteiger partial charge on any atom is -0.445 e. The monoisotopic (exact) mass is 263 g/mol. The molecule has 0 rings (SSSR count). The molecule has 0 spiro atoms. The van der Waals surface area contributed by atoms with Gasteiger partial charge in [0, 0.05) is 19.8 Å². The number of amides is 1. The first-order valence-corrected chi connectivity index (χ1v) is 6.89. The van der Waals surface area contributed by atoms with Crippen LogP contribution in [0.3, 0.4) is 0 Å². The molecule has 0 aromatic carbocycles. The van der Waals surface area contributed by atoms with Crippen molar-refractivity contribution < 1.29 is 13.9 Å². The number of nitrogens with zero attached hydrogens (tertiary/aromatic N) is 1. The van der Waals surface area contributed by atoms with Gasteiger partial charge in [-0.05, 0) is 12.5 Å². The lowest BCUT2D eigenvalue weighted by atomic mass is 10.2. The third-order valence-corrected chi connectivity index (χ3v) is 2.99. The van der Waals surface area contributed by atoms with Crippen molar-refractivity contribution in [3.8, 4) is 0 Å². The van der Waals surface area contributed by atoms with Gasteiger partial charge in [-0.25, -0.2) is 4.79 Å². The standard InChI is InChI=1S/C12H22FNO2S/c1-4-5-6-7-10-17-11(13)8-9-16-12(15)14(2)3/h8H,4-7,9-10H2,1-3H3/b11-8-. The third kappa shape index (κ3) is 10.2. The molecule has 0 atom stereocenters. The number of carbonyl (C=O) groups is 1. The van der Waals surface area contributed by atoms with Crippen molar-refractivity contribution in [3.05, 3.63) is 11.2 Å². The minimum atomic E-state index is -0.456. The zero-order valence-electron chi connectivity index (χ0n) is 10.9. The first kappa shape index (κ1) is 16.3. The van der Waals surface area contributed by atoms with Crippen LogP contribution in [0.25, 0.3) is 0 Å². The van der Waals surface area contributed by atoms with Gasteiger partial charge in [0.1, 0.15) is 6.61 Å². The van der Waals surface area contributed by atoms with Crippen molar-refractivity contribution in [3.63, 3.8) is 0 Å². The van der Waals surface area contributed by atoms with Gasteiger partial charge in [-0.15, -0.1) is 0 Å². The number of ether oxygens (including phenoxy) is 1. The fourth-order valence-electron chi connectivity index (χ4n) is 1.07. The van der Waals surface area contributed by atoms with Crippen molar-refractivity contribution in [1.29, 1.82) is 0 Å². The largest absolute Gasteiger partial charge is 0.445 e. The van der Waals surface area contributed by atoms with Gasteiger partial charge in [0.25, 0.3) is 0 Å². The number of hydrogen-bond acceptors (Lipinski definition) is 3. The second kappa shape index (κ2) is 10.4. The smallest absolute Gasteiger partial charge is 0.409 e. The lowest BCUT2D eigenvalue weighted by Gasteiger charge is -2.09. The Kier molecular flexibility index (Phi) is 10.0. The Labute approximate surface area is 107 Å². The number of hydrogen-bond donors (Lipinski definition) is 0. The van der Waals surface area contributed by atoms with E-state index >= 15 is 0 Å². The van der Waals surface area contributed by atoms with Crippen LogP contribution in [0.1, 0.15) is 32.6 Å². The van der Waals surface area contributed by atoms with Crippen LogP contribution in [-0.2, 0) is 4.74 Å². The van der Waals surface area contributed by atoms with Crippen LogP contribution >= 0.6 is 11.8 Å². The second-order valence-corrected chi connectivity index (χ2v) is 4.98. The Hall–Kier alpha value is -0.710. The van der Waals surface area contributed by atoms with E-state index in [9.17, 15) is 9.18 Å². The highest BCUT2D eigenvalue weighted by Gasteiger charge is 2.03. The molecule has 3 nitrogen and oxygen atoms in total. The van der Waals surface area contributed by atoms with Crippen LogP contribution in [0.15, 0.2) is 11.2 Å². The third-order valence-electron chi connectivity index (χ3n) is 2.05. The molecule has 5 heteroatoms. The van der Waals surface area contributed by atoms with E-state index < -0.39 is 6.09 Å². The molecule has 0 radical (unpaired) electrons. The van der Waals surface area contributed by atoms with Crippen molar-refractivity contribution in [2.24, 2.45) is 0 Å². The highest BCUT2D eigenvalue weighted by atomic mass is 32.2. The maximum atomic E-state index is 13.2. The van der Waals surface area contributed by atoms with Gasteiger partial charge < -0.3 is 9.64 Å². The molecule has 0 heterocycles. The normalized spacial score (nSPS) is 11.4. The summed E-state index contributed by atoms with van der Waals surface area (Å²) >= 11 is 1.18. The van der Waals surface area contributed by atoms with Crippen molar-refractivity contribution in [2.45, 2.75) is 32.6 Å². The average molecular weight is 263 g/mol. The summed E-state index contributed by atoms with van der Waals surface area (Å²) in [7, 11) is 3.18. The van der Waals surface area contributed by atoms with E-state index in [-0.39, 0.29) is 11.8 Å². The van der Waals surface area contributed by atoms with Crippen molar-refractivity contribution in [2.75, 3.05) is 26.5 Å². The molecule has 1 amide bonds. The molecule has 0 fully saturated rings. The Morgan fingerprint density at radius 2 is 2.06 bits per heavy atom. The molecule has 17 heavy (non-hydrogen) atoms. The number of thioether (sulfide) groups is 1. The summed E-state index contributed by atoms with van der Waals surface area (Å²) in [5.41, 5.74) is 0. The van der Waals surface area contributed by atoms with E-state index in [1.165, 1.54) is 35.6 Å². The predicted molar refractivity (Wildman–Crippen MR) is 70.8 cm³/mol. The second-order valence-electron chi connectivity index (χ2n) is 3.89. The highest BCUT2D eigenvalue weighted by molar-refractivity contribution is 8.02. The number of rotatable bonds is 8. The van der Waals surface area contributed by atoms with E-state index in [0.29, 0.717) is 0 Å². The maximum absolute atomic E-state index is 13.2. The van der Waals surface area contributed by atoms with Crippen LogP contribution < -0.4 is 0 Å². The number of unbranched alkanes of at least 4 members (excludes halogenated alkanes) is 3. The van der Waals surface area contributed by atoms with E-state index in [2.05, 4.69) is 6.92 Å². The summed E-state index contributed by atoms with van der Waals surface area (Å²) in [5, 5.41) is -0.270. The van der Waals surface area contributed by atoms with Crippen molar-refractivity contribution >= 4 is 17.9 Å². The Morgan fingerprint density at radius 1 is 1.35 bits per heavy atom. The average Bonchev–Trinajstić information content (AvgIpc) is 2.28. The molecule has 0 bridgehead atoms. The van der Waals surface area contributed by atoms with E-state index in [4.69, 9.17) is 4.74 Å². The SMILES string of the molecule is CCCCCCS/C(F)=C\COC(=O)N(C)C. The lowest BCUT2D eigenvalue weighted by molar-refractivity contribution is 0.129. The van der Waals surface area contributed by atoms with Gasteiger partial charge in [-0.2, -0.15) is 4.39 Å². The summed E-state index contributed by atoms with van der Waals surface area (Å²) < 4.78 is 18.0. The molecule has 0 saturated carbocycles. The molecule has 0 saturated heterocycles. The molecule has 0 unspecified atom stereocenters. The van der Waals surface area contributed by atoms with Crippen molar-refractivity contribution in [1.82, 2.24) is 4.90 Å². The molecular formula is C12H22FNO2S. The fourth-order valence-corrected chi connectivity index (χ4v) is 1.79. The molecular weight excluding hydrogens is 241 g/mol. The zero-order valence-corrected chi connectivity index (χ0v) is 11.7. The number of carbonyl (C=O) groups excluding carboxylic acids is 1. The summed E-state index contributed by atoms with van der Waals surface area (Å²) in [6.45, 7) is 2.14. The molecule has 0 aliphatic rings. The van der Waals surface area contributed by atoms with Gasteiger partial charge in [-0.3, -0.25) is 0 Å². The highest BCUT2D eigenvalue weighted by Crippen LogP contribution is 2.18. The Morgan fingerprint density at radius 3 is 2.65 bits per heavy atom. The summed E-state index contributed by atoms with van der Waals surface area (Å²) in [5.74, 6) is 0.782. The van der Waals surface area contributed by atoms with Gasteiger partial charge in [0.05, 0.1) is 0 Å². The van der Waals surface area contributed by atoms with E-state index in [0.717, 1.165) is 18.6 Å². The first-order valence-electron chi connectivity index (χ1n) is 5.90. The van der Waals surface area contributed by atoms with Gasteiger partial charge in [0.15, 0.2) is 5.16 Å². The Bertz CT molecular complexity index is 245. The zero-order chi connectivity index (χ0) is 13.1. The van der Waals surface area contributed by atoms with Crippen LogP contribution in [0.5, 0.6) is 0 Å². The van der Waals surface area contributed by atoms with E-state index in [1.807, 2.05) is 0 Å². The molecule has 0 aromatic heterocycles. The summed E-state index contributed by atoms with van der Waals surface area (Å²) in [4.78, 5) is 12.3. The minimum absolute atomic E-state index is 0.00912. The van der Waals surface area contributed by atoms with E-state index in [1.54, 1.807) is 14.1 Å². The Balaban J connectivity index is 3.54. The van der Waals surface area contributed by atoms with Crippen LogP contribution in [0, 0.1) is 0 Å². The first-order chi connectivity index (χ1) is 8.07. The molecule has 0 aromatic rings. The van der Waals surface area contributed by atoms with Gasteiger partial charge in [-0.1, -0.05) is 37.9 Å². The fraction of sp³-hybridized carbons (Fsp3) is 0.750. The predicted octanol–water partition coefficient (Wildman–Crippen LogP) is 3.81. The topological polar surface area (TPSA) is 29.5 Å². The molecule has 0 aliphatic heterocycles. The summed E-state index contributed by atoms with van der Waals surface area (Å²) in [6, 6.07) is 0. The van der Waals surface area contributed by atoms with Crippen LogP contribution in [0.4, 0.5) is 9.18 Å². The van der Waals surface area contributed by atoms with Gasteiger partial charge in [0.2, 0.25) is 0 Å². The molecule has 0 aliphatic carbocycles. The van der Waals surface area contributed by atoms with Gasteiger partial charge >= 0.3 is 6.09 Å². The molecule has 0 N–H and O–H groups in total. The quantitative estimate of drug-likeness (QED) is 0.624. The maximum Gasteiger partial charge on any atom is 0.409 e. The summed E-state index contributed by atoms with van der Waals surface area (Å²) in [6.07, 6.45) is 5.40. The number of halogens is 1. The van der Waals surface area contributed by atoms with Crippen LogP contribution in [-0.4, -0.2) is 37.4 Å². The molecule has 100 valence electrons.